The molecule has 0 saturated heterocycles. The highest BCUT2D eigenvalue weighted by molar-refractivity contribution is 5.47. The van der Waals surface area contributed by atoms with Crippen molar-refractivity contribution in [2.75, 3.05) is 11.9 Å². The van der Waals surface area contributed by atoms with E-state index in [1.807, 2.05) is 0 Å². The SMILES string of the molecule is CC1CCC(N(C)c2ccc(CN)cc2)CC1. The number of nitrogens with two attached hydrogens (primary N) is 1. The maximum atomic E-state index is 5.62. The summed E-state index contributed by atoms with van der Waals surface area (Å²) in [6.07, 6.45) is 5.40. The Hall–Kier alpha value is -1.02. The first-order valence-electron chi connectivity index (χ1n) is 6.72. The van der Waals surface area contributed by atoms with Crippen LogP contribution < -0.4 is 10.6 Å². The molecule has 2 heteroatoms. The lowest BCUT2D eigenvalue weighted by molar-refractivity contribution is 0.341. The Kier molecular flexibility index (Phi) is 4.06. The van der Waals surface area contributed by atoms with Gasteiger partial charge in [0.05, 0.1) is 0 Å². The smallest absolute Gasteiger partial charge is 0.0366 e. The highest BCUT2D eigenvalue weighted by atomic mass is 15.1. The minimum absolute atomic E-state index is 0.630. The van der Waals surface area contributed by atoms with Gasteiger partial charge >= 0.3 is 0 Å². The maximum Gasteiger partial charge on any atom is 0.0366 e. The van der Waals surface area contributed by atoms with Crippen molar-refractivity contribution < 1.29 is 0 Å². The van der Waals surface area contributed by atoms with Crippen LogP contribution >= 0.6 is 0 Å². The number of anilines is 1. The van der Waals surface area contributed by atoms with E-state index in [1.54, 1.807) is 0 Å². The summed E-state index contributed by atoms with van der Waals surface area (Å²) in [7, 11) is 2.22. The Morgan fingerprint density at radius 1 is 1.12 bits per heavy atom. The molecule has 0 radical (unpaired) electrons. The van der Waals surface area contributed by atoms with Gasteiger partial charge in [0.1, 0.15) is 0 Å². The molecular weight excluding hydrogens is 208 g/mol. The lowest BCUT2D eigenvalue weighted by Crippen LogP contribution is -2.34. The second kappa shape index (κ2) is 5.54. The van der Waals surface area contributed by atoms with Crippen molar-refractivity contribution in [3.05, 3.63) is 29.8 Å². The van der Waals surface area contributed by atoms with Crippen molar-refractivity contribution in [1.82, 2.24) is 0 Å². The van der Waals surface area contributed by atoms with Gasteiger partial charge in [0, 0.05) is 25.3 Å². The lowest BCUT2D eigenvalue weighted by atomic mass is 9.86. The van der Waals surface area contributed by atoms with Gasteiger partial charge in [-0.2, -0.15) is 0 Å². The van der Waals surface area contributed by atoms with Gasteiger partial charge in [-0.3, -0.25) is 0 Å². The van der Waals surface area contributed by atoms with Crippen molar-refractivity contribution in [3.8, 4) is 0 Å². The molecular formula is C15H24N2. The normalized spacial score (nSPS) is 24.6. The maximum absolute atomic E-state index is 5.62. The van der Waals surface area contributed by atoms with Crippen LogP contribution in [0.25, 0.3) is 0 Å². The molecule has 0 unspecified atom stereocenters. The number of hydrogen-bond acceptors (Lipinski definition) is 2. The molecule has 0 amide bonds. The standard InChI is InChI=1S/C15H24N2/c1-12-3-7-14(8-4-12)17(2)15-9-5-13(11-16)6-10-15/h5-6,9-10,12,14H,3-4,7-8,11,16H2,1-2H3. The van der Waals surface area contributed by atoms with Gasteiger partial charge in [-0.25, -0.2) is 0 Å². The van der Waals surface area contributed by atoms with Crippen LogP contribution in [-0.2, 0) is 6.54 Å². The Labute approximate surface area is 105 Å². The van der Waals surface area contributed by atoms with Gasteiger partial charge in [0.25, 0.3) is 0 Å². The van der Waals surface area contributed by atoms with Crippen molar-refractivity contribution in [2.24, 2.45) is 11.7 Å². The molecule has 0 atom stereocenters. The molecule has 2 rings (SSSR count). The van der Waals surface area contributed by atoms with Gasteiger partial charge in [0.15, 0.2) is 0 Å². The molecule has 0 spiro atoms. The summed E-state index contributed by atoms with van der Waals surface area (Å²) >= 11 is 0. The molecule has 17 heavy (non-hydrogen) atoms. The fourth-order valence-electron chi connectivity index (χ4n) is 2.71. The first-order chi connectivity index (χ1) is 8.20. The van der Waals surface area contributed by atoms with Gasteiger partial charge in [-0.1, -0.05) is 19.1 Å². The van der Waals surface area contributed by atoms with Crippen LogP contribution in [0.4, 0.5) is 5.69 Å². The fourth-order valence-corrected chi connectivity index (χ4v) is 2.71. The Balaban J connectivity index is 2.00. The zero-order valence-electron chi connectivity index (χ0n) is 11.0. The first kappa shape index (κ1) is 12.4. The molecule has 0 heterocycles. The van der Waals surface area contributed by atoms with Crippen LogP contribution in [-0.4, -0.2) is 13.1 Å². The van der Waals surface area contributed by atoms with E-state index in [0.29, 0.717) is 6.54 Å². The summed E-state index contributed by atoms with van der Waals surface area (Å²) in [6, 6.07) is 9.38. The van der Waals surface area contributed by atoms with Crippen LogP contribution in [0.2, 0.25) is 0 Å². The molecule has 0 aromatic heterocycles. The summed E-state index contributed by atoms with van der Waals surface area (Å²) in [4.78, 5) is 2.44. The largest absolute Gasteiger partial charge is 0.372 e. The van der Waals surface area contributed by atoms with E-state index in [1.165, 1.54) is 36.9 Å². The Morgan fingerprint density at radius 2 is 1.71 bits per heavy atom. The molecule has 2 nitrogen and oxygen atoms in total. The van der Waals surface area contributed by atoms with Crippen LogP contribution in [0.5, 0.6) is 0 Å². The zero-order valence-corrected chi connectivity index (χ0v) is 11.0. The van der Waals surface area contributed by atoms with Gasteiger partial charge in [-0.15, -0.1) is 0 Å². The summed E-state index contributed by atoms with van der Waals surface area (Å²) in [5.74, 6) is 0.916. The van der Waals surface area contributed by atoms with E-state index >= 15 is 0 Å². The molecule has 1 fully saturated rings. The number of hydrogen-bond donors (Lipinski definition) is 1. The summed E-state index contributed by atoms with van der Waals surface area (Å²) in [5, 5.41) is 0. The number of nitrogens with zero attached hydrogens (tertiary/aromatic N) is 1. The number of benzene rings is 1. The number of rotatable bonds is 3. The molecule has 1 aromatic rings. The van der Waals surface area contributed by atoms with Crippen molar-refractivity contribution in [3.63, 3.8) is 0 Å². The summed E-state index contributed by atoms with van der Waals surface area (Å²) < 4.78 is 0. The highest BCUT2D eigenvalue weighted by Crippen LogP contribution is 2.29. The average molecular weight is 232 g/mol. The summed E-state index contributed by atoms with van der Waals surface area (Å²) in [6.45, 7) is 3.00. The highest BCUT2D eigenvalue weighted by Gasteiger charge is 2.21. The minimum atomic E-state index is 0.630. The van der Waals surface area contributed by atoms with Crippen LogP contribution in [0, 0.1) is 5.92 Å². The third-order valence-corrected chi connectivity index (χ3v) is 4.11. The van der Waals surface area contributed by atoms with E-state index in [9.17, 15) is 0 Å². The Morgan fingerprint density at radius 3 is 2.24 bits per heavy atom. The topological polar surface area (TPSA) is 29.3 Å². The minimum Gasteiger partial charge on any atom is -0.372 e. The van der Waals surface area contributed by atoms with E-state index in [4.69, 9.17) is 5.73 Å². The van der Waals surface area contributed by atoms with E-state index < -0.39 is 0 Å². The van der Waals surface area contributed by atoms with Crippen molar-refractivity contribution in [1.29, 1.82) is 0 Å². The quantitative estimate of drug-likeness (QED) is 0.867. The van der Waals surface area contributed by atoms with Crippen LogP contribution in [0.3, 0.4) is 0 Å². The molecule has 1 aliphatic carbocycles. The fraction of sp³-hybridized carbons (Fsp3) is 0.600. The van der Waals surface area contributed by atoms with Gasteiger partial charge < -0.3 is 10.6 Å². The van der Waals surface area contributed by atoms with Gasteiger partial charge in [0.2, 0.25) is 0 Å². The second-order valence-corrected chi connectivity index (χ2v) is 5.40. The molecule has 0 bridgehead atoms. The lowest BCUT2D eigenvalue weighted by Gasteiger charge is -2.35. The molecule has 2 N–H and O–H groups in total. The van der Waals surface area contributed by atoms with Gasteiger partial charge in [-0.05, 0) is 49.3 Å². The third kappa shape index (κ3) is 3.01. The monoisotopic (exact) mass is 232 g/mol. The molecule has 94 valence electrons. The van der Waals surface area contributed by atoms with Crippen LogP contribution in [0.15, 0.2) is 24.3 Å². The molecule has 1 saturated carbocycles. The molecule has 1 aliphatic rings. The van der Waals surface area contributed by atoms with E-state index in [-0.39, 0.29) is 0 Å². The van der Waals surface area contributed by atoms with E-state index in [2.05, 4.69) is 43.1 Å². The molecule has 1 aromatic carbocycles. The summed E-state index contributed by atoms with van der Waals surface area (Å²) in [5.41, 5.74) is 8.15. The first-order valence-corrected chi connectivity index (χ1v) is 6.72. The van der Waals surface area contributed by atoms with E-state index in [0.717, 1.165) is 12.0 Å². The Bertz CT molecular complexity index is 336. The predicted molar refractivity (Wildman–Crippen MR) is 74.2 cm³/mol. The predicted octanol–water partition coefficient (Wildman–Crippen LogP) is 3.16. The molecule has 0 aliphatic heterocycles. The van der Waals surface area contributed by atoms with Crippen LogP contribution in [0.1, 0.15) is 38.2 Å². The second-order valence-electron chi connectivity index (χ2n) is 5.40. The van der Waals surface area contributed by atoms with Crippen molar-refractivity contribution in [2.45, 2.75) is 45.2 Å². The van der Waals surface area contributed by atoms with Crippen molar-refractivity contribution >= 4 is 5.69 Å². The third-order valence-electron chi connectivity index (χ3n) is 4.11. The average Bonchev–Trinajstić information content (AvgIpc) is 2.39. The zero-order chi connectivity index (χ0) is 12.3.